The predicted octanol–water partition coefficient (Wildman–Crippen LogP) is 2.47. The molecule has 5 rings (SSSR count). The van der Waals surface area contributed by atoms with Gasteiger partial charge in [0.05, 0.1) is 11.8 Å². The SMILES string of the molecule is O=C1CN=C(c2ccccc2)c2ccccc2N(C(=O)C2CCCN2Cc2ccccc2)[NH2+]O1. The molecule has 0 aromatic heterocycles. The maximum Gasteiger partial charge on any atom is 0.391 e. The van der Waals surface area contributed by atoms with Crippen molar-refractivity contribution in [1.29, 1.82) is 0 Å². The van der Waals surface area contributed by atoms with E-state index in [0.717, 1.165) is 30.5 Å². The van der Waals surface area contributed by atoms with Gasteiger partial charge in [-0.3, -0.25) is 19.5 Å². The molecule has 7 heteroatoms. The number of hydrogen-bond donors (Lipinski definition) is 1. The molecular weight excluding hydrogens is 428 g/mol. The summed E-state index contributed by atoms with van der Waals surface area (Å²) in [5.74, 6) is -0.616. The molecule has 172 valence electrons. The van der Waals surface area contributed by atoms with Crippen LogP contribution in [0.5, 0.6) is 0 Å². The number of aliphatic imine (C=N–C) groups is 1. The lowest BCUT2D eigenvalue weighted by Gasteiger charge is -2.28. The van der Waals surface area contributed by atoms with Gasteiger partial charge in [-0.1, -0.05) is 84.5 Å². The van der Waals surface area contributed by atoms with Crippen molar-refractivity contribution in [2.45, 2.75) is 25.4 Å². The highest BCUT2D eigenvalue weighted by atomic mass is 16.7. The Kier molecular flexibility index (Phi) is 6.46. The summed E-state index contributed by atoms with van der Waals surface area (Å²) in [6.07, 6.45) is 1.70. The number of likely N-dealkylation sites (tertiary alicyclic amines) is 1. The van der Waals surface area contributed by atoms with Crippen LogP contribution in [0.4, 0.5) is 5.69 Å². The van der Waals surface area contributed by atoms with E-state index in [1.807, 2.05) is 72.8 Å². The molecule has 0 radical (unpaired) electrons. The van der Waals surface area contributed by atoms with Crippen LogP contribution < -0.4 is 10.6 Å². The van der Waals surface area contributed by atoms with E-state index in [1.54, 1.807) is 0 Å². The van der Waals surface area contributed by atoms with Crippen LogP contribution in [-0.4, -0.2) is 41.6 Å². The van der Waals surface area contributed by atoms with E-state index < -0.39 is 5.97 Å². The van der Waals surface area contributed by atoms with Crippen molar-refractivity contribution >= 4 is 23.3 Å². The highest BCUT2D eigenvalue weighted by molar-refractivity contribution is 6.17. The van der Waals surface area contributed by atoms with Gasteiger partial charge < -0.3 is 0 Å². The Bertz CT molecular complexity index is 1200. The van der Waals surface area contributed by atoms with E-state index >= 15 is 0 Å². The van der Waals surface area contributed by atoms with Gasteiger partial charge in [0, 0.05) is 17.7 Å². The van der Waals surface area contributed by atoms with Crippen LogP contribution in [-0.2, 0) is 21.0 Å². The molecular formula is C27H27N4O3+. The van der Waals surface area contributed by atoms with Crippen molar-refractivity contribution in [3.8, 4) is 0 Å². The Balaban J connectivity index is 1.50. The van der Waals surface area contributed by atoms with E-state index in [0.29, 0.717) is 17.9 Å². The molecule has 0 bridgehead atoms. The molecule has 3 aromatic rings. The van der Waals surface area contributed by atoms with Crippen molar-refractivity contribution in [1.82, 2.24) is 4.90 Å². The first-order valence-corrected chi connectivity index (χ1v) is 11.5. The van der Waals surface area contributed by atoms with Crippen molar-refractivity contribution in [3.05, 3.63) is 102 Å². The number of para-hydroxylation sites is 1. The standard InChI is InChI=1S/C27H26N4O3/c32-25-18-28-26(21-12-5-2-6-13-21)22-14-7-8-15-23(22)31(29-34-25)27(33)24-16-9-17-30(24)19-20-10-3-1-4-11-20/h1-8,10-15,24,29H,9,16-19H2/p+1. The molecule has 0 spiro atoms. The molecule has 1 atom stereocenters. The number of hydrogen-bond acceptors (Lipinski definition) is 5. The number of benzene rings is 3. The first kappa shape index (κ1) is 22.0. The maximum absolute atomic E-state index is 13.9. The summed E-state index contributed by atoms with van der Waals surface area (Å²) in [4.78, 5) is 38.5. The zero-order valence-electron chi connectivity index (χ0n) is 18.8. The number of quaternary nitrogens is 1. The van der Waals surface area contributed by atoms with Gasteiger partial charge in [-0.15, -0.1) is 5.01 Å². The average Bonchev–Trinajstić information content (AvgIpc) is 3.35. The third-order valence-corrected chi connectivity index (χ3v) is 6.24. The van der Waals surface area contributed by atoms with Crippen molar-refractivity contribution in [2.75, 3.05) is 18.1 Å². The number of rotatable bonds is 4. The van der Waals surface area contributed by atoms with Crippen LogP contribution in [0.15, 0.2) is 89.9 Å². The molecule has 0 saturated carbocycles. The van der Waals surface area contributed by atoms with E-state index in [4.69, 9.17) is 4.84 Å². The first-order chi connectivity index (χ1) is 16.7. The minimum atomic E-state index is -0.508. The molecule has 2 aliphatic heterocycles. The van der Waals surface area contributed by atoms with Gasteiger partial charge in [0.1, 0.15) is 12.2 Å². The number of carbonyl (C=O) groups excluding carboxylic acids is 2. The smallest absolute Gasteiger partial charge is 0.287 e. The highest BCUT2D eigenvalue weighted by Gasteiger charge is 2.38. The Morgan fingerprint density at radius 2 is 1.68 bits per heavy atom. The number of nitrogens with zero attached hydrogens (tertiary/aromatic N) is 3. The van der Waals surface area contributed by atoms with Crippen LogP contribution in [0.1, 0.15) is 29.5 Å². The normalized spacial score (nSPS) is 18.8. The van der Waals surface area contributed by atoms with Gasteiger partial charge in [-0.2, -0.15) is 0 Å². The first-order valence-electron chi connectivity index (χ1n) is 11.5. The molecule has 1 amide bonds. The molecule has 34 heavy (non-hydrogen) atoms. The van der Waals surface area contributed by atoms with Gasteiger partial charge in [0.25, 0.3) is 5.91 Å². The fourth-order valence-corrected chi connectivity index (χ4v) is 4.61. The number of nitrogens with two attached hydrogens (primary N) is 1. The summed E-state index contributed by atoms with van der Waals surface area (Å²) in [6, 6.07) is 27.2. The van der Waals surface area contributed by atoms with Gasteiger partial charge in [0.2, 0.25) is 0 Å². The molecule has 1 fully saturated rings. The topological polar surface area (TPSA) is 78.8 Å². The van der Waals surface area contributed by atoms with Crippen LogP contribution in [0.25, 0.3) is 0 Å². The number of anilines is 1. The zero-order chi connectivity index (χ0) is 23.3. The highest BCUT2D eigenvalue weighted by Crippen LogP contribution is 2.27. The molecule has 1 saturated heterocycles. The molecule has 1 unspecified atom stereocenters. The van der Waals surface area contributed by atoms with Gasteiger partial charge in [-0.25, -0.2) is 4.79 Å². The average molecular weight is 456 g/mol. The Morgan fingerprint density at radius 3 is 2.47 bits per heavy atom. The van der Waals surface area contributed by atoms with Crippen LogP contribution in [0.2, 0.25) is 0 Å². The van der Waals surface area contributed by atoms with Gasteiger partial charge in [0.15, 0.2) is 0 Å². The lowest BCUT2D eigenvalue weighted by molar-refractivity contribution is -0.873. The molecule has 7 nitrogen and oxygen atoms in total. The minimum absolute atomic E-state index is 0.108. The molecule has 3 aromatic carbocycles. The lowest BCUT2D eigenvalue weighted by Crippen LogP contribution is -2.96. The van der Waals surface area contributed by atoms with E-state index in [-0.39, 0.29) is 18.5 Å². The number of amides is 1. The monoisotopic (exact) mass is 455 g/mol. The lowest BCUT2D eigenvalue weighted by atomic mass is 10.00. The fourth-order valence-electron chi connectivity index (χ4n) is 4.61. The summed E-state index contributed by atoms with van der Waals surface area (Å²) < 4.78 is 0. The van der Waals surface area contributed by atoms with Crippen LogP contribution in [0, 0.1) is 0 Å². The summed E-state index contributed by atoms with van der Waals surface area (Å²) in [5.41, 5.74) is 5.39. The van der Waals surface area contributed by atoms with Crippen molar-refractivity contribution < 1.29 is 20.0 Å². The van der Waals surface area contributed by atoms with Gasteiger partial charge in [-0.05, 0) is 31.0 Å². The summed E-state index contributed by atoms with van der Waals surface area (Å²) >= 11 is 0. The van der Waals surface area contributed by atoms with Crippen molar-refractivity contribution in [3.63, 3.8) is 0 Å². The quantitative estimate of drug-likeness (QED) is 0.484. The van der Waals surface area contributed by atoms with E-state index in [1.165, 1.54) is 16.2 Å². The second-order valence-electron chi connectivity index (χ2n) is 8.47. The summed E-state index contributed by atoms with van der Waals surface area (Å²) in [6.45, 7) is 1.42. The molecule has 2 N–H and O–H groups in total. The second-order valence-corrected chi connectivity index (χ2v) is 8.47. The maximum atomic E-state index is 13.9. The largest absolute Gasteiger partial charge is 0.391 e. The number of carbonyl (C=O) groups is 2. The molecule has 2 aliphatic rings. The number of fused-ring (bicyclic) bond motifs is 1. The molecule has 2 heterocycles. The van der Waals surface area contributed by atoms with E-state index in [9.17, 15) is 9.59 Å². The minimum Gasteiger partial charge on any atom is -0.287 e. The second kappa shape index (κ2) is 9.99. The van der Waals surface area contributed by atoms with Crippen LogP contribution >= 0.6 is 0 Å². The van der Waals surface area contributed by atoms with Crippen LogP contribution in [0.3, 0.4) is 0 Å². The zero-order valence-corrected chi connectivity index (χ0v) is 18.8. The van der Waals surface area contributed by atoms with Gasteiger partial charge >= 0.3 is 5.97 Å². The molecule has 0 aliphatic carbocycles. The van der Waals surface area contributed by atoms with Crippen molar-refractivity contribution in [2.24, 2.45) is 4.99 Å². The Labute approximate surface area is 198 Å². The van der Waals surface area contributed by atoms with E-state index in [2.05, 4.69) is 22.0 Å². The predicted molar refractivity (Wildman–Crippen MR) is 129 cm³/mol. The fraction of sp³-hybridized carbons (Fsp3) is 0.222. The Morgan fingerprint density at radius 1 is 0.971 bits per heavy atom. The third kappa shape index (κ3) is 4.62. The summed E-state index contributed by atoms with van der Waals surface area (Å²) in [5, 5.41) is 1.49. The Hall–Kier alpha value is -3.81. The third-order valence-electron chi connectivity index (χ3n) is 6.24. The summed E-state index contributed by atoms with van der Waals surface area (Å²) in [7, 11) is 0.